The molecule has 108 valence electrons. The summed E-state index contributed by atoms with van der Waals surface area (Å²) in [6, 6.07) is 1.64. The minimum Gasteiger partial charge on any atom is -0.326 e. The zero-order chi connectivity index (χ0) is 13.9. The van der Waals surface area contributed by atoms with Crippen molar-refractivity contribution in [3.8, 4) is 0 Å². The molecule has 1 aliphatic carbocycles. The molecule has 0 aliphatic heterocycles. The number of hydrogen-bond donors (Lipinski definition) is 2. The molecule has 1 fully saturated rings. The van der Waals surface area contributed by atoms with E-state index in [9.17, 15) is 8.42 Å². The Kier molecular flexibility index (Phi) is 5.00. The molecule has 6 heteroatoms. The van der Waals surface area contributed by atoms with Gasteiger partial charge in [0.2, 0.25) is 10.0 Å². The summed E-state index contributed by atoms with van der Waals surface area (Å²) in [5, 5.41) is 1.78. The number of nitrogens with two attached hydrogens (primary N) is 1. The van der Waals surface area contributed by atoms with Crippen LogP contribution in [0.1, 0.15) is 37.5 Å². The number of rotatable bonds is 5. The van der Waals surface area contributed by atoms with Crippen molar-refractivity contribution in [3.05, 3.63) is 16.3 Å². The quantitative estimate of drug-likeness (QED) is 0.876. The number of sulfonamides is 1. The molecule has 19 heavy (non-hydrogen) atoms. The van der Waals surface area contributed by atoms with E-state index in [1.165, 1.54) is 24.2 Å². The lowest BCUT2D eigenvalue weighted by Gasteiger charge is -2.26. The number of nitrogens with one attached hydrogen (secondary N) is 1. The molecule has 0 unspecified atom stereocenters. The van der Waals surface area contributed by atoms with Gasteiger partial charge in [0, 0.05) is 18.0 Å². The largest absolute Gasteiger partial charge is 0.326 e. The van der Waals surface area contributed by atoms with Gasteiger partial charge in [-0.3, -0.25) is 0 Å². The smallest absolute Gasteiger partial charge is 0.241 e. The van der Waals surface area contributed by atoms with Gasteiger partial charge in [-0.05, 0) is 36.1 Å². The Balaban J connectivity index is 1.95. The molecule has 0 radical (unpaired) electrons. The topological polar surface area (TPSA) is 72.2 Å². The Bertz CT molecular complexity index is 502. The van der Waals surface area contributed by atoms with E-state index in [2.05, 4.69) is 11.6 Å². The van der Waals surface area contributed by atoms with E-state index >= 15 is 0 Å². The summed E-state index contributed by atoms with van der Waals surface area (Å²) < 4.78 is 27.2. The molecular formula is C13H22N2O2S2. The van der Waals surface area contributed by atoms with E-state index in [1.54, 1.807) is 11.4 Å². The first kappa shape index (κ1) is 15.0. The Morgan fingerprint density at radius 2 is 2.05 bits per heavy atom. The van der Waals surface area contributed by atoms with Gasteiger partial charge >= 0.3 is 0 Å². The molecule has 1 aromatic heterocycles. The van der Waals surface area contributed by atoms with Crippen molar-refractivity contribution in [2.24, 2.45) is 17.6 Å². The van der Waals surface area contributed by atoms with Crippen LogP contribution < -0.4 is 10.5 Å². The van der Waals surface area contributed by atoms with E-state index in [1.807, 2.05) is 0 Å². The van der Waals surface area contributed by atoms with Crippen LogP contribution in [0.15, 0.2) is 16.3 Å². The minimum absolute atomic E-state index is 0.273. The van der Waals surface area contributed by atoms with Crippen molar-refractivity contribution in [2.75, 3.05) is 6.54 Å². The fourth-order valence-electron chi connectivity index (χ4n) is 2.56. The summed E-state index contributed by atoms with van der Waals surface area (Å²) in [6.07, 6.45) is 4.66. The first-order chi connectivity index (χ1) is 9.03. The van der Waals surface area contributed by atoms with Crippen LogP contribution in [0.25, 0.3) is 0 Å². The van der Waals surface area contributed by atoms with Gasteiger partial charge < -0.3 is 5.73 Å². The molecule has 0 atom stereocenters. The summed E-state index contributed by atoms with van der Waals surface area (Å²) in [6.45, 7) is 3.09. The molecule has 1 aromatic rings. The van der Waals surface area contributed by atoms with Crippen LogP contribution in [-0.4, -0.2) is 15.0 Å². The average Bonchev–Trinajstić information content (AvgIpc) is 2.87. The van der Waals surface area contributed by atoms with Crippen molar-refractivity contribution in [3.63, 3.8) is 0 Å². The van der Waals surface area contributed by atoms with Gasteiger partial charge in [-0.25, -0.2) is 13.1 Å². The second-order valence-electron chi connectivity index (χ2n) is 5.39. The Hall–Kier alpha value is -0.430. The van der Waals surface area contributed by atoms with Gasteiger partial charge in [0.25, 0.3) is 0 Å². The maximum Gasteiger partial charge on any atom is 0.241 e. The minimum atomic E-state index is -3.39. The van der Waals surface area contributed by atoms with Crippen LogP contribution in [0, 0.1) is 11.8 Å². The zero-order valence-electron chi connectivity index (χ0n) is 11.3. The predicted octanol–water partition coefficient (Wildman–Crippen LogP) is 2.31. The highest BCUT2D eigenvalue weighted by atomic mass is 32.2. The predicted molar refractivity (Wildman–Crippen MR) is 78.5 cm³/mol. The number of thiophene rings is 1. The van der Waals surface area contributed by atoms with Crippen molar-refractivity contribution in [1.82, 2.24) is 4.72 Å². The molecule has 2 rings (SSSR count). The third kappa shape index (κ3) is 3.78. The van der Waals surface area contributed by atoms with Crippen molar-refractivity contribution in [2.45, 2.75) is 44.0 Å². The second-order valence-corrected chi connectivity index (χ2v) is 8.13. The second kappa shape index (κ2) is 6.35. The van der Waals surface area contributed by atoms with Crippen molar-refractivity contribution in [1.29, 1.82) is 0 Å². The lowest BCUT2D eigenvalue weighted by molar-refractivity contribution is 0.290. The SMILES string of the molecule is CC1CCC(CNS(=O)(=O)c2ccsc2CN)CC1. The summed E-state index contributed by atoms with van der Waals surface area (Å²) in [5.41, 5.74) is 5.56. The van der Waals surface area contributed by atoms with E-state index in [0.29, 0.717) is 17.4 Å². The molecule has 1 aliphatic rings. The third-order valence-corrected chi connectivity index (χ3v) is 6.46. The fourth-order valence-corrected chi connectivity index (χ4v) is 5.00. The van der Waals surface area contributed by atoms with Crippen LogP contribution in [-0.2, 0) is 16.6 Å². The molecule has 3 N–H and O–H groups in total. The summed E-state index contributed by atoms with van der Waals surface area (Å²) in [7, 11) is -3.39. The normalized spacial score (nSPS) is 24.5. The van der Waals surface area contributed by atoms with Gasteiger partial charge in [0.15, 0.2) is 0 Å². The van der Waals surface area contributed by atoms with Gasteiger partial charge in [-0.2, -0.15) is 0 Å². The first-order valence-electron chi connectivity index (χ1n) is 6.79. The Morgan fingerprint density at radius 1 is 1.37 bits per heavy atom. The van der Waals surface area contributed by atoms with Gasteiger partial charge in [-0.1, -0.05) is 19.8 Å². The average molecular weight is 302 g/mol. The fraction of sp³-hybridized carbons (Fsp3) is 0.692. The number of hydrogen-bond acceptors (Lipinski definition) is 4. The molecule has 1 saturated carbocycles. The van der Waals surface area contributed by atoms with Crippen molar-refractivity contribution >= 4 is 21.4 Å². The standard InChI is InChI=1S/C13H22N2O2S2/c1-10-2-4-11(5-3-10)9-15-19(16,17)13-6-7-18-12(13)8-14/h6-7,10-11,15H,2-5,8-9,14H2,1H3. The van der Waals surface area contributed by atoms with Crippen molar-refractivity contribution < 1.29 is 8.42 Å². The molecule has 0 amide bonds. The van der Waals surface area contributed by atoms with E-state index in [-0.39, 0.29) is 6.54 Å². The van der Waals surface area contributed by atoms with Crippen LogP contribution in [0.5, 0.6) is 0 Å². The zero-order valence-corrected chi connectivity index (χ0v) is 12.9. The summed E-state index contributed by atoms with van der Waals surface area (Å²) in [4.78, 5) is 1.08. The van der Waals surface area contributed by atoms with Gasteiger partial charge in [-0.15, -0.1) is 11.3 Å². The summed E-state index contributed by atoms with van der Waals surface area (Å²) in [5.74, 6) is 1.26. The highest BCUT2D eigenvalue weighted by Crippen LogP contribution is 2.28. The van der Waals surface area contributed by atoms with Gasteiger partial charge in [0.1, 0.15) is 0 Å². The Morgan fingerprint density at radius 3 is 2.68 bits per heavy atom. The van der Waals surface area contributed by atoms with Crippen LogP contribution in [0.2, 0.25) is 0 Å². The maximum absolute atomic E-state index is 12.2. The monoisotopic (exact) mass is 302 g/mol. The molecular weight excluding hydrogens is 280 g/mol. The van der Waals surface area contributed by atoms with Crippen LogP contribution >= 0.6 is 11.3 Å². The van der Waals surface area contributed by atoms with E-state index in [0.717, 1.165) is 23.6 Å². The Labute approximate surface area is 119 Å². The maximum atomic E-state index is 12.2. The molecule has 1 heterocycles. The van der Waals surface area contributed by atoms with Crippen LogP contribution in [0.4, 0.5) is 0 Å². The van der Waals surface area contributed by atoms with E-state index in [4.69, 9.17) is 5.73 Å². The molecule has 0 saturated heterocycles. The van der Waals surface area contributed by atoms with Gasteiger partial charge in [0.05, 0.1) is 4.90 Å². The lowest BCUT2D eigenvalue weighted by Crippen LogP contribution is -2.31. The molecule has 0 spiro atoms. The third-order valence-electron chi connectivity index (χ3n) is 3.88. The lowest BCUT2D eigenvalue weighted by atomic mass is 9.83. The highest BCUT2D eigenvalue weighted by molar-refractivity contribution is 7.89. The molecule has 0 aromatic carbocycles. The highest BCUT2D eigenvalue weighted by Gasteiger charge is 2.23. The molecule has 0 bridgehead atoms. The summed E-state index contributed by atoms with van der Waals surface area (Å²) >= 11 is 1.39. The van der Waals surface area contributed by atoms with Crippen LogP contribution in [0.3, 0.4) is 0 Å². The molecule has 4 nitrogen and oxygen atoms in total. The first-order valence-corrected chi connectivity index (χ1v) is 9.15. The van der Waals surface area contributed by atoms with E-state index < -0.39 is 10.0 Å².